The molecule has 0 radical (unpaired) electrons. The molecule has 0 fully saturated rings. The summed E-state index contributed by atoms with van der Waals surface area (Å²) in [5, 5.41) is 0. The van der Waals surface area contributed by atoms with Gasteiger partial charge in [-0.3, -0.25) is 0 Å². The molecule has 0 aliphatic heterocycles. The second-order valence-corrected chi connectivity index (χ2v) is 9.72. The smallest absolute Gasteiger partial charge is 0.333 e. The molecule has 0 aromatic heterocycles. The van der Waals surface area contributed by atoms with Gasteiger partial charge in [0.05, 0.1) is 14.7 Å². The van der Waals surface area contributed by atoms with Crippen molar-refractivity contribution >= 4 is 14.0 Å². The van der Waals surface area contributed by atoms with Crippen molar-refractivity contribution in [2.24, 2.45) is 0 Å². The van der Waals surface area contributed by atoms with Gasteiger partial charge in [0.15, 0.2) is 0 Å². The summed E-state index contributed by atoms with van der Waals surface area (Å²) in [7, 11) is -1.11. The van der Waals surface area contributed by atoms with Crippen LogP contribution in [0.5, 0.6) is 0 Å². The lowest BCUT2D eigenvalue weighted by molar-refractivity contribution is -0.138. The van der Waals surface area contributed by atoms with E-state index in [2.05, 4.69) is 27.0 Å². The molecule has 0 aromatic carbocycles. The molecule has 0 saturated heterocycles. The van der Waals surface area contributed by atoms with E-state index in [4.69, 9.17) is 4.74 Å². The third-order valence-corrected chi connectivity index (χ3v) is 7.82. The summed E-state index contributed by atoms with van der Waals surface area (Å²) < 4.78 is 5.10. The van der Waals surface area contributed by atoms with Gasteiger partial charge in [0.25, 0.3) is 0 Å². The maximum absolute atomic E-state index is 11.1. The Morgan fingerprint density at radius 2 is 1.86 bits per heavy atom. The Hall–Kier alpha value is -0.573. The van der Waals surface area contributed by atoms with E-state index in [0.29, 0.717) is 12.2 Å². The lowest BCUT2D eigenvalue weighted by atomic mass is 10.4. The first-order chi connectivity index (χ1) is 6.45. The van der Waals surface area contributed by atoms with Gasteiger partial charge in [0.1, 0.15) is 0 Å². The largest absolute Gasteiger partial charge is 0.463 e. The summed E-state index contributed by atoms with van der Waals surface area (Å²) in [6.45, 7) is 12.6. The maximum Gasteiger partial charge on any atom is 0.333 e. The van der Waals surface area contributed by atoms with E-state index in [9.17, 15) is 4.79 Å². The standard InChI is InChI=1S/C11H22O2Si/c1-6-14(5,7-2)9-8-13-11(12)10(3)4/h3,6-9H2,1-2,4-5H3. The zero-order valence-corrected chi connectivity index (χ0v) is 10.9. The Balaban J connectivity index is 3.83. The Morgan fingerprint density at radius 3 is 2.21 bits per heavy atom. The average Bonchev–Trinajstić information content (AvgIpc) is 2.17. The number of ether oxygens (including phenoxy) is 1. The number of hydrogen-bond donors (Lipinski definition) is 0. The maximum atomic E-state index is 11.1. The van der Waals surface area contributed by atoms with Crippen molar-refractivity contribution in [3.05, 3.63) is 12.2 Å². The van der Waals surface area contributed by atoms with Crippen molar-refractivity contribution in [2.75, 3.05) is 6.61 Å². The monoisotopic (exact) mass is 214 g/mol. The predicted octanol–water partition coefficient (Wildman–Crippen LogP) is 3.22. The molecule has 14 heavy (non-hydrogen) atoms. The van der Waals surface area contributed by atoms with E-state index in [0.717, 1.165) is 6.04 Å². The minimum atomic E-state index is -1.11. The Morgan fingerprint density at radius 1 is 1.36 bits per heavy atom. The van der Waals surface area contributed by atoms with Crippen LogP contribution >= 0.6 is 0 Å². The lowest BCUT2D eigenvalue weighted by Crippen LogP contribution is -2.29. The topological polar surface area (TPSA) is 26.3 Å². The van der Waals surface area contributed by atoms with E-state index >= 15 is 0 Å². The van der Waals surface area contributed by atoms with Crippen LogP contribution in [-0.2, 0) is 9.53 Å². The molecular weight excluding hydrogens is 192 g/mol. The second kappa shape index (κ2) is 6.01. The Labute approximate surface area is 88.4 Å². The fourth-order valence-corrected chi connectivity index (χ4v) is 2.92. The van der Waals surface area contributed by atoms with Crippen molar-refractivity contribution in [3.8, 4) is 0 Å². The summed E-state index contributed by atoms with van der Waals surface area (Å²) in [5.74, 6) is -0.256. The molecule has 0 saturated carbocycles. The average molecular weight is 214 g/mol. The quantitative estimate of drug-likeness (QED) is 0.385. The SMILES string of the molecule is C=C(C)C(=O)OCC[Si](C)(CC)CC. The molecule has 0 N–H and O–H groups in total. The van der Waals surface area contributed by atoms with Gasteiger partial charge in [-0.25, -0.2) is 4.79 Å². The van der Waals surface area contributed by atoms with Crippen LogP contribution in [0, 0.1) is 0 Å². The van der Waals surface area contributed by atoms with Gasteiger partial charge in [-0.15, -0.1) is 0 Å². The van der Waals surface area contributed by atoms with Crippen LogP contribution in [0.1, 0.15) is 20.8 Å². The summed E-state index contributed by atoms with van der Waals surface area (Å²) in [6.07, 6.45) is 0. The molecule has 0 rings (SSSR count). The fraction of sp³-hybridized carbons (Fsp3) is 0.727. The zero-order chi connectivity index (χ0) is 11.2. The van der Waals surface area contributed by atoms with Crippen LogP contribution in [0.4, 0.5) is 0 Å². The molecule has 0 aliphatic rings. The van der Waals surface area contributed by atoms with Gasteiger partial charge >= 0.3 is 5.97 Å². The van der Waals surface area contributed by atoms with Crippen LogP contribution in [0.3, 0.4) is 0 Å². The first kappa shape index (κ1) is 13.4. The Kier molecular flexibility index (Phi) is 5.77. The van der Waals surface area contributed by atoms with Gasteiger partial charge < -0.3 is 4.74 Å². The highest BCUT2D eigenvalue weighted by molar-refractivity contribution is 6.78. The normalized spacial score (nSPS) is 11.1. The van der Waals surface area contributed by atoms with E-state index < -0.39 is 8.07 Å². The Bertz CT molecular complexity index is 207. The van der Waals surface area contributed by atoms with Crippen LogP contribution in [0.15, 0.2) is 12.2 Å². The van der Waals surface area contributed by atoms with Gasteiger partial charge in [-0.2, -0.15) is 0 Å². The van der Waals surface area contributed by atoms with Crippen molar-refractivity contribution in [2.45, 2.75) is 45.5 Å². The summed E-state index contributed by atoms with van der Waals surface area (Å²) in [6, 6.07) is 3.58. The van der Waals surface area contributed by atoms with Crippen molar-refractivity contribution in [1.29, 1.82) is 0 Å². The minimum Gasteiger partial charge on any atom is -0.463 e. The van der Waals surface area contributed by atoms with Crippen LogP contribution in [-0.4, -0.2) is 20.7 Å². The molecule has 0 aromatic rings. The highest BCUT2D eigenvalue weighted by atomic mass is 28.3. The van der Waals surface area contributed by atoms with E-state index in [1.165, 1.54) is 12.1 Å². The molecule has 0 aliphatic carbocycles. The summed E-state index contributed by atoms with van der Waals surface area (Å²) in [5.41, 5.74) is 0.487. The number of hydrogen-bond acceptors (Lipinski definition) is 2. The van der Waals surface area contributed by atoms with Gasteiger partial charge in [-0.05, 0) is 13.0 Å². The molecule has 0 heterocycles. The molecule has 0 amide bonds. The molecule has 0 spiro atoms. The van der Waals surface area contributed by atoms with Crippen LogP contribution < -0.4 is 0 Å². The molecule has 0 unspecified atom stereocenters. The highest BCUT2D eigenvalue weighted by Gasteiger charge is 2.22. The molecule has 3 heteroatoms. The third kappa shape index (κ3) is 4.60. The van der Waals surface area contributed by atoms with E-state index in [-0.39, 0.29) is 5.97 Å². The molecule has 82 valence electrons. The predicted molar refractivity (Wildman–Crippen MR) is 63.2 cm³/mol. The fourth-order valence-electron chi connectivity index (χ4n) is 1.12. The van der Waals surface area contributed by atoms with E-state index in [1.54, 1.807) is 6.92 Å². The molecule has 0 atom stereocenters. The number of esters is 1. The number of carbonyl (C=O) groups excluding carboxylic acids is 1. The molecule has 0 bridgehead atoms. The van der Waals surface area contributed by atoms with E-state index in [1.807, 2.05) is 0 Å². The van der Waals surface area contributed by atoms with Gasteiger partial charge in [-0.1, -0.05) is 39.1 Å². The molecule has 2 nitrogen and oxygen atoms in total. The lowest BCUT2D eigenvalue weighted by Gasteiger charge is -2.23. The highest BCUT2D eigenvalue weighted by Crippen LogP contribution is 2.19. The second-order valence-electron chi connectivity index (χ2n) is 4.18. The van der Waals surface area contributed by atoms with Crippen LogP contribution in [0.25, 0.3) is 0 Å². The number of rotatable bonds is 6. The first-order valence-corrected chi connectivity index (χ1v) is 8.40. The summed E-state index contributed by atoms with van der Waals surface area (Å²) >= 11 is 0. The van der Waals surface area contributed by atoms with Gasteiger partial charge in [0, 0.05) is 5.57 Å². The molecular formula is C11H22O2Si. The summed E-state index contributed by atoms with van der Waals surface area (Å²) in [4.78, 5) is 11.1. The number of carbonyl (C=O) groups is 1. The van der Waals surface area contributed by atoms with Crippen molar-refractivity contribution < 1.29 is 9.53 Å². The van der Waals surface area contributed by atoms with Gasteiger partial charge in [0.2, 0.25) is 0 Å². The first-order valence-electron chi connectivity index (χ1n) is 5.28. The minimum absolute atomic E-state index is 0.256. The van der Waals surface area contributed by atoms with Crippen molar-refractivity contribution in [3.63, 3.8) is 0 Å². The third-order valence-electron chi connectivity index (χ3n) is 2.99. The van der Waals surface area contributed by atoms with Crippen LogP contribution in [0.2, 0.25) is 24.7 Å². The van der Waals surface area contributed by atoms with Crippen molar-refractivity contribution in [1.82, 2.24) is 0 Å². The zero-order valence-electron chi connectivity index (χ0n) is 9.85.